The van der Waals surface area contributed by atoms with E-state index in [9.17, 15) is 9.59 Å². The van der Waals surface area contributed by atoms with Crippen molar-refractivity contribution in [3.05, 3.63) is 35.4 Å². The van der Waals surface area contributed by atoms with E-state index >= 15 is 0 Å². The van der Waals surface area contributed by atoms with Gasteiger partial charge in [0, 0.05) is 5.56 Å². The number of benzene rings is 1. The quantitative estimate of drug-likeness (QED) is 0.746. The van der Waals surface area contributed by atoms with Gasteiger partial charge >= 0.3 is 11.9 Å². The van der Waals surface area contributed by atoms with E-state index in [-0.39, 0.29) is 11.9 Å². The van der Waals surface area contributed by atoms with Gasteiger partial charge in [0.05, 0.1) is 0 Å². The Hall–Kier alpha value is -1.84. The summed E-state index contributed by atoms with van der Waals surface area (Å²) in [6, 6.07) is 7.75. The van der Waals surface area contributed by atoms with E-state index < -0.39 is 22.5 Å². The highest BCUT2D eigenvalue weighted by Gasteiger charge is 2.75. The molecular weight excluding hydrogens is 268 g/mol. The molecule has 0 saturated carbocycles. The summed E-state index contributed by atoms with van der Waals surface area (Å²) in [5.41, 5.74) is -0.908. The minimum Gasteiger partial charge on any atom is -0.456 e. The predicted octanol–water partition coefficient (Wildman–Crippen LogP) is 2.72. The van der Waals surface area contributed by atoms with E-state index in [1.165, 1.54) is 0 Å². The molecule has 1 aromatic carbocycles. The average Bonchev–Trinajstić information content (AvgIpc) is 2.73. The Balaban J connectivity index is 2.26. The van der Waals surface area contributed by atoms with Crippen LogP contribution in [0, 0.1) is 17.8 Å². The lowest BCUT2D eigenvalue weighted by Crippen LogP contribution is -2.47. The molecule has 2 aliphatic heterocycles. The monoisotopic (exact) mass is 288 g/mol. The van der Waals surface area contributed by atoms with Gasteiger partial charge in [-0.2, -0.15) is 0 Å². The Kier molecular flexibility index (Phi) is 2.60. The molecule has 0 N–H and O–H groups in total. The number of hydrogen-bond acceptors (Lipinski definition) is 4. The van der Waals surface area contributed by atoms with E-state index in [2.05, 4.69) is 0 Å². The van der Waals surface area contributed by atoms with Crippen LogP contribution in [0.15, 0.2) is 24.3 Å². The first kappa shape index (κ1) is 14.1. The van der Waals surface area contributed by atoms with Gasteiger partial charge in [-0.05, 0) is 34.6 Å². The minimum absolute atomic E-state index is 0.325. The number of fused-ring (bicyclic) bond motifs is 1. The molecule has 2 aliphatic rings. The Labute approximate surface area is 124 Å². The number of carbonyl (C=O) groups excluding carboxylic acids is 2. The lowest BCUT2D eigenvalue weighted by molar-refractivity contribution is -0.166. The highest BCUT2D eigenvalue weighted by Crippen LogP contribution is 2.61. The van der Waals surface area contributed by atoms with Gasteiger partial charge in [0.15, 0.2) is 11.7 Å². The topological polar surface area (TPSA) is 52.6 Å². The second-order valence-electron chi connectivity index (χ2n) is 7.12. The minimum atomic E-state index is -1.06. The van der Waals surface area contributed by atoms with Gasteiger partial charge in [-0.15, -0.1) is 0 Å². The summed E-state index contributed by atoms with van der Waals surface area (Å²) in [5, 5.41) is 0. The lowest BCUT2D eigenvalue weighted by atomic mass is 9.66. The van der Waals surface area contributed by atoms with Crippen molar-refractivity contribution in [2.75, 3.05) is 0 Å². The van der Waals surface area contributed by atoms with Crippen molar-refractivity contribution in [2.24, 2.45) is 10.8 Å². The molecule has 2 atom stereocenters. The fourth-order valence-corrected chi connectivity index (χ4v) is 3.41. The van der Waals surface area contributed by atoms with Crippen LogP contribution in [-0.2, 0) is 24.7 Å². The summed E-state index contributed by atoms with van der Waals surface area (Å²) in [7, 11) is 0. The largest absolute Gasteiger partial charge is 0.456 e. The summed E-state index contributed by atoms with van der Waals surface area (Å²) < 4.78 is 11.4. The van der Waals surface area contributed by atoms with Crippen molar-refractivity contribution in [1.82, 2.24) is 0 Å². The molecule has 0 aromatic heterocycles. The molecule has 1 aromatic rings. The highest BCUT2D eigenvalue weighted by atomic mass is 16.6. The zero-order valence-corrected chi connectivity index (χ0v) is 13.0. The van der Waals surface area contributed by atoms with Crippen molar-refractivity contribution in [3.63, 3.8) is 0 Å². The van der Waals surface area contributed by atoms with Crippen LogP contribution in [0.4, 0.5) is 0 Å². The van der Waals surface area contributed by atoms with E-state index in [1.54, 1.807) is 27.7 Å². The van der Waals surface area contributed by atoms with Crippen LogP contribution in [0.2, 0.25) is 0 Å². The number of hydrogen-bond donors (Lipinski definition) is 0. The van der Waals surface area contributed by atoms with Crippen molar-refractivity contribution >= 4 is 11.9 Å². The second kappa shape index (κ2) is 3.87. The maximum atomic E-state index is 12.3. The maximum Gasteiger partial charge on any atom is 0.316 e. The van der Waals surface area contributed by atoms with Crippen LogP contribution in [-0.4, -0.2) is 18.0 Å². The number of aryl methyl sites for hydroxylation is 1. The van der Waals surface area contributed by atoms with Gasteiger partial charge in [0.1, 0.15) is 10.8 Å². The van der Waals surface area contributed by atoms with E-state index in [0.29, 0.717) is 0 Å². The molecule has 2 saturated heterocycles. The van der Waals surface area contributed by atoms with Gasteiger partial charge in [-0.25, -0.2) is 0 Å². The van der Waals surface area contributed by atoms with Gasteiger partial charge in [-0.1, -0.05) is 29.8 Å². The van der Waals surface area contributed by atoms with Crippen molar-refractivity contribution in [1.29, 1.82) is 0 Å². The Morgan fingerprint density at radius 1 is 0.952 bits per heavy atom. The normalized spacial score (nSPS) is 32.5. The number of ether oxygens (including phenoxy) is 2. The molecule has 4 nitrogen and oxygen atoms in total. The van der Waals surface area contributed by atoms with Gasteiger partial charge in [-0.3, -0.25) is 9.59 Å². The van der Waals surface area contributed by atoms with Crippen molar-refractivity contribution in [3.8, 4) is 0 Å². The van der Waals surface area contributed by atoms with Gasteiger partial charge in [0.2, 0.25) is 0 Å². The van der Waals surface area contributed by atoms with Crippen LogP contribution in [0.1, 0.15) is 38.8 Å². The fourth-order valence-electron chi connectivity index (χ4n) is 3.41. The third-order valence-electron chi connectivity index (χ3n) is 4.95. The van der Waals surface area contributed by atoms with Crippen LogP contribution < -0.4 is 0 Å². The molecule has 0 radical (unpaired) electrons. The predicted molar refractivity (Wildman–Crippen MR) is 76.4 cm³/mol. The van der Waals surface area contributed by atoms with E-state index in [0.717, 1.165) is 11.1 Å². The Morgan fingerprint density at radius 3 is 2.10 bits per heavy atom. The molecule has 2 fully saturated rings. The highest BCUT2D eigenvalue weighted by molar-refractivity contribution is 5.89. The first-order valence-corrected chi connectivity index (χ1v) is 7.16. The van der Waals surface area contributed by atoms with Crippen LogP contribution in [0.25, 0.3) is 0 Å². The summed E-state index contributed by atoms with van der Waals surface area (Å²) in [4.78, 5) is 24.7. The molecule has 21 heavy (non-hydrogen) atoms. The molecule has 3 rings (SSSR count). The molecule has 0 unspecified atom stereocenters. The third-order valence-corrected chi connectivity index (χ3v) is 4.95. The van der Waals surface area contributed by atoms with Crippen molar-refractivity contribution in [2.45, 2.75) is 46.3 Å². The van der Waals surface area contributed by atoms with Gasteiger partial charge < -0.3 is 9.47 Å². The standard InChI is InChI=1S/C17H20O4/c1-10-6-8-11(9-7-10)17-12(15(2,3)13(18)21-17)20-14(19)16(17,4)5/h6-9,12H,1-5H3/t12-,17-/m0/s1. The second-order valence-corrected chi connectivity index (χ2v) is 7.12. The summed E-state index contributed by atoms with van der Waals surface area (Å²) in [5.74, 6) is -0.651. The molecule has 112 valence electrons. The summed E-state index contributed by atoms with van der Waals surface area (Å²) in [6.45, 7) is 9.09. The molecule has 4 heteroatoms. The Morgan fingerprint density at radius 2 is 1.52 bits per heavy atom. The van der Waals surface area contributed by atoms with Crippen molar-refractivity contribution < 1.29 is 19.1 Å². The Bertz CT molecular complexity index is 625. The average molecular weight is 288 g/mol. The van der Waals surface area contributed by atoms with Crippen LogP contribution >= 0.6 is 0 Å². The molecule has 0 aliphatic carbocycles. The molecule has 2 heterocycles. The van der Waals surface area contributed by atoms with Crippen LogP contribution in [0.5, 0.6) is 0 Å². The maximum absolute atomic E-state index is 12.3. The van der Waals surface area contributed by atoms with E-state index in [1.807, 2.05) is 31.2 Å². The molecule has 0 amide bonds. The van der Waals surface area contributed by atoms with Crippen LogP contribution in [0.3, 0.4) is 0 Å². The SMILES string of the molecule is Cc1ccc([C@]23OC(=O)C(C)(C)[C@@H]2OC(=O)C3(C)C)cc1. The zero-order chi connectivity index (χ0) is 15.6. The molecule has 0 spiro atoms. The number of rotatable bonds is 1. The molecule has 0 bridgehead atoms. The lowest BCUT2D eigenvalue weighted by Gasteiger charge is -2.36. The molecular formula is C17H20O4. The zero-order valence-electron chi connectivity index (χ0n) is 13.0. The first-order chi connectivity index (χ1) is 9.64. The first-order valence-electron chi connectivity index (χ1n) is 7.16. The number of carbonyl (C=O) groups is 2. The fraction of sp³-hybridized carbons (Fsp3) is 0.529. The number of esters is 2. The summed E-state index contributed by atoms with van der Waals surface area (Å²) >= 11 is 0. The van der Waals surface area contributed by atoms with Gasteiger partial charge in [0.25, 0.3) is 0 Å². The summed E-state index contributed by atoms with van der Waals surface area (Å²) in [6.07, 6.45) is -0.609. The smallest absolute Gasteiger partial charge is 0.316 e. The van der Waals surface area contributed by atoms with E-state index in [4.69, 9.17) is 9.47 Å². The third kappa shape index (κ3) is 1.50.